The molecule has 1 heterocycles. The molecule has 0 spiro atoms. The van der Waals surface area contributed by atoms with Crippen LogP contribution >= 0.6 is 23.7 Å². The molecule has 3 rings (SSSR count). The summed E-state index contributed by atoms with van der Waals surface area (Å²) >= 11 is 1.42. The van der Waals surface area contributed by atoms with Crippen LogP contribution in [0.15, 0.2) is 53.9 Å². The van der Waals surface area contributed by atoms with E-state index in [0.717, 1.165) is 21.6 Å². The van der Waals surface area contributed by atoms with Crippen molar-refractivity contribution < 1.29 is 15.0 Å². The van der Waals surface area contributed by atoms with Gasteiger partial charge in [0.2, 0.25) is 5.91 Å². The zero-order valence-electron chi connectivity index (χ0n) is 21.4. The van der Waals surface area contributed by atoms with Crippen LogP contribution in [-0.4, -0.2) is 22.0 Å². The van der Waals surface area contributed by atoms with Crippen LogP contribution in [-0.2, 0) is 15.6 Å². The molecule has 1 amide bonds. The lowest BCUT2D eigenvalue weighted by molar-refractivity contribution is -0.111. The largest absolute Gasteiger partial charge is 0.507 e. The maximum Gasteiger partial charge on any atom is 0.248 e. The van der Waals surface area contributed by atoms with Gasteiger partial charge in [0.05, 0.1) is 10.6 Å². The standard InChI is InChI=1S/C28H33N3O3S.ClH/c1-27(2,3)19-14-17(15-20(25(19)34)28(4,5)6)9-12-24(33)30-18-10-11-22(32)21(16-18)31-26(29)23-8-7-13-35-23;/h7-16,32,34H,1-6H3,(H2,29,31)(H,30,33);1H/b12-9+;. The zero-order valence-corrected chi connectivity index (χ0v) is 23.0. The summed E-state index contributed by atoms with van der Waals surface area (Å²) < 4.78 is 0. The number of phenols is 2. The van der Waals surface area contributed by atoms with Gasteiger partial charge in [0.1, 0.15) is 17.3 Å². The molecule has 0 radical (unpaired) electrons. The fourth-order valence-electron chi connectivity index (χ4n) is 3.58. The van der Waals surface area contributed by atoms with Crippen molar-refractivity contribution in [3.8, 4) is 11.5 Å². The van der Waals surface area contributed by atoms with Crippen LogP contribution in [0.3, 0.4) is 0 Å². The van der Waals surface area contributed by atoms with Crippen LogP contribution in [0.1, 0.15) is 63.1 Å². The van der Waals surface area contributed by atoms with Gasteiger partial charge in [-0.15, -0.1) is 23.7 Å². The highest BCUT2D eigenvalue weighted by molar-refractivity contribution is 7.12. The number of phenolic OH excluding ortho intramolecular Hbond substituents is 2. The van der Waals surface area contributed by atoms with Gasteiger partial charge < -0.3 is 20.8 Å². The molecule has 1 aromatic heterocycles. The molecule has 6 nitrogen and oxygen atoms in total. The Bertz CT molecular complexity index is 1240. The van der Waals surface area contributed by atoms with E-state index >= 15 is 0 Å². The van der Waals surface area contributed by atoms with Gasteiger partial charge in [-0.05, 0) is 64.2 Å². The number of nitrogens with one attached hydrogen (secondary N) is 3. The molecule has 0 aliphatic heterocycles. The summed E-state index contributed by atoms with van der Waals surface area (Å²) in [5.74, 6) is 0.102. The van der Waals surface area contributed by atoms with Crippen molar-refractivity contribution in [2.24, 2.45) is 0 Å². The Labute approximate surface area is 223 Å². The van der Waals surface area contributed by atoms with Crippen LogP contribution in [0.2, 0.25) is 0 Å². The predicted octanol–water partition coefficient (Wildman–Crippen LogP) is 7.27. The molecule has 0 aliphatic carbocycles. The lowest BCUT2D eigenvalue weighted by Crippen LogP contribution is -2.17. The van der Waals surface area contributed by atoms with E-state index in [1.54, 1.807) is 18.2 Å². The van der Waals surface area contributed by atoms with Crippen molar-refractivity contribution in [2.75, 3.05) is 10.6 Å². The summed E-state index contributed by atoms with van der Waals surface area (Å²) in [6.07, 6.45) is 3.17. The number of anilines is 2. The number of hydrogen-bond acceptors (Lipinski definition) is 5. The average Bonchev–Trinajstić information content (AvgIpc) is 3.29. The first-order chi connectivity index (χ1) is 16.3. The van der Waals surface area contributed by atoms with Gasteiger partial charge in [-0.2, -0.15) is 0 Å². The number of amides is 1. The highest BCUT2D eigenvalue weighted by Crippen LogP contribution is 2.40. The molecule has 0 bridgehead atoms. The number of hydrogen-bond donors (Lipinski definition) is 5. The summed E-state index contributed by atoms with van der Waals surface area (Å²) in [5, 5.41) is 36.8. The summed E-state index contributed by atoms with van der Waals surface area (Å²) in [6.45, 7) is 12.3. The van der Waals surface area contributed by atoms with E-state index in [4.69, 9.17) is 5.41 Å². The van der Waals surface area contributed by atoms with Gasteiger partial charge in [0.25, 0.3) is 0 Å². The number of carbonyl (C=O) groups excluding carboxylic acids is 1. The van der Waals surface area contributed by atoms with Crippen molar-refractivity contribution >= 4 is 52.9 Å². The Morgan fingerprint density at radius 2 is 1.56 bits per heavy atom. The van der Waals surface area contributed by atoms with Gasteiger partial charge in [-0.3, -0.25) is 10.2 Å². The molecule has 2 aromatic carbocycles. The fourth-order valence-corrected chi connectivity index (χ4v) is 4.21. The van der Waals surface area contributed by atoms with Gasteiger partial charge in [0, 0.05) is 22.9 Å². The second kappa shape index (κ2) is 11.2. The fraction of sp³-hybridized carbons (Fsp3) is 0.286. The smallest absolute Gasteiger partial charge is 0.248 e. The second-order valence-electron chi connectivity index (χ2n) is 10.5. The number of amidine groups is 1. The molecule has 0 unspecified atom stereocenters. The Hall–Kier alpha value is -3.29. The summed E-state index contributed by atoms with van der Waals surface area (Å²) in [6, 6.07) is 12.1. The average molecular weight is 528 g/mol. The highest BCUT2D eigenvalue weighted by atomic mass is 35.5. The summed E-state index contributed by atoms with van der Waals surface area (Å²) in [5.41, 5.74) is 2.76. The summed E-state index contributed by atoms with van der Waals surface area (Å²) in [4.78, 5) is 13.4. The molecule has 36 heavy (non-hydrogen) atoms. The molecule has 0 aliphatic rings. The molecule has 5 N–H and O–H groups in total. The van der Waals surface area contributed by atoms with Gasteiger partial charge in [0.15, 0.2) is 0 Å². The third-order valence-corrected chi connectivity index (χ3v) is 6.35. The number of halogens is 1. The first-order valence-electron chi connectivity index (χ1n) is 11.3. The monoisotopic (exact) mass is 527 g/mol. The highest BCUT2D eigenvalue weighted by Gasteiger charge is 2.26. The third kappa shape index (κ3) is 7.12. The van der Waals surface area contributed by atoms with Crippen LogP contribution in [0, 0.1) is 5.41 Å². The van der Waals surface area contributed by atoms with Crippen molar-refractivity contribution in [3.63, 3.8) is 0 Å². The van der Waals surface area contributed by atoms with Crippen LogP contribution in [0.4, 0.5) is 11.4 Å². The molecule has 8 heteroatoms. The van der Waals surface area contributed by atoms with Crippen LogP contribution in [0.25, 0.3) is 6.08 Å². The summed E-state index contributed by atoms with van der Waals surface area (Å²) in [7, 11) is 0. The Morgan fingerprint density at radius 1 is 0.944 bits per heavy atom. The van der Waals surface area contributed by atoms with Crippen molar-refractivity contribution in [1.29, 1.82) is 5.41 Å². The lowest BCUT2D eigenvalue weighted by Gasteiger charge is -2.27. The van der Waals surface area contributed by atoms with E-state index < -0.39 is 0 Å². The van der Waals surface area contributed by atoms with E-state index in [1.165, 1.54) is 23.5 Å². The third-order valence-electron chi connectivity index (χ3n) is 5.47. The van der Waals surface area contributed by atoms with E-state index in [2.05, 4.69) is 10.6 Å². The van der Waals surface area contributed by atoms with Gasteiger partial charge in [-0.25, -0.2) is 0 Å². The molecule has 0 saturated heterocycles. The minimum Gasteiger partial charge on any atom is -0.507 e. The maximum absolute atomic E-state index is 12.7. The quantitative estimate of drug-likeness (QED) is 0.0790. The number of carbonyl (C=O) groups is 1. The molecular weight excluding hydrogens is 494 g/mol. The number of rotatable bonds is 5. The predicted molar refractivity (Wildman–Crippen MR) is 153 cm³/mol. The SMILES string of the molecule is CC(C)(C)c1cc(/C=C/C(=O)Nc2ccc(O)c(NC(=N)c3cccs3)c2)cc(C(C)(C)C)c1O.Cl. The van der Waals surface area contributed by atoms with Gasteiger partial charge >= 0.3 is 0 Å². The van der Waals surface area contributed by atoms with E-state index in [0.29, 0.717) is 17.1 Å². The van der Waals surface area contributed by atoms with Crippen molar-refractivity contribution in [2.45, 2.75) is 52.4 Å². The van der Waals surface area contributed by atoms with Crippen molar-refractivity contribution in [3.05, 3.63) is 75.5 Å². The molecule has 192 valence electrons. The minimum atomic E-state index is -0.335. The van der Waals surface area contributed by atoms with E-state index in [1.807, 2.05) is 71.2 Å². The Balaban J connectivity index is 0.00000456. The first kappa shape index (κ1) is 28.9. The second-order valence-corrected chi connectivity index (χ2v) is 11.4. The lowest BCUT2D eigenvalue weighted by atomic mass is 9.78. The minimum absolute atomic E-state index is 0. The number of thiophene rings is 1. The van der Waals surface area contributed by atoms with Crippen LogP contribution in [0.5, 0.6) is 11.5 Å². The maximum atomic E-state index is 12.7. The topological polar surface area (TPSA) is 105 Å². The van der Waals surface area contributed by atoms with Crippen LogP contribution < -0.4 is 10.6 Å². The van der Waals surface area contributed by atoms with Gasteiger partial charge in [-0.1, -0.05) is 47.6 Å². The molecule has 0 atom stereocenters. The zero-order chi connectivity index (χ0) is 26.0. The normalized spacial score (nSPS) is 11.7. The molecule has 0 saturated carbocycles. The molecule has 0 fully saturated rings. The van der Waals surface area contributed by atoms with E-state index in [9.17, 15) is 15.0 Å². The number of benzene rings is 2. The van der Waals surface area contributed by atoms with E-state index in [-0.39, 0.29) is 40.7 Å². The molecule has 3 aromatic rings. The Kier molecular flexibility index (Phi) is 8.99. The Morgan fingerprint density at radius 3 is 2.08 bits per heavy atom. The molecular formula is C28H34ClN3O3S. The van der Waals surface area contributed by atoms with Crippen molar-refractivity contribution in [1.82, 2.24) is 0 Å². The first-order valence-corrected chi connectivity index (χ1v) is 12.2. The number of aromatic hydroxyl groups is 2.